The highest BCUT2D eigenvalue weighted by Gasteiger charge is 2.44. The van der Waals surface area contributed by atoms with Crippen LogP contribution in [0.15, 0.2) is 35.2 Å². The molecule has 1 aliphatic carbocycles. The summed E-state index contributed by atoms with van der Waals surface area (Å²) >= 11 is 1.94. The summed E-state index contributed by atoms with van der Waals surface area (Å²) in [5, 5.41) is 10.3. The zero-order valence-corrected chi connectivity index (χ0v) is 12.9. The summed E-state index contributed by atoms with van der Waals surface area (Å²) in [5.41, 5.74) is 0.232. The first-order valence-electron chi connectivity index (χ1n) is 7.87. The van der Waals surface area contributed by atoms with Crippen molar-refractivity contribution in [2.75, 3.05) is 25.4 Å². The van der Waals surface area contributed by atoms with Crippen LogP contribution >= 0.6 is 11.8 Å². The number of likely N-dealkylation sites (tertiary alicyclic amines) is 1. The van der Waals surface area contributed by atoms with Crippen LogP contribution in [0.5, 0.6) is 0 Å². The Hall–Kier alpha value is -0.510. The van der Waals surface area contributed by atoms with E-state index < -0.39 is 0 Å². The number of aliphatic hydroxyl groups excluding tert-OH is 1. The van der Waals surface area contributed by atoms with E-state index in [-0.39, 0.29) is 11.5 Å². The van der Waals surface area contributed by atoms with Gasteiger partial charge in [-0.3, -0.25) is 0 Å². The summed E-state index contributed by atoms with van der Waals surface area (Å²) in [4.78, 5) is 3.94. The van der Waals surface area contributed by atoms with Crippen LogP contribution in [0.3, 0.4) is 0 Å². The van der Waals surface area contributed by atoms with Crippen molar-refractivity contribution >= 4 is 11.8 Å². The molecule has 0 unspecified atom stereocenters. The van der Waals surface area contributed by atoms with Gasteiger partial charge in [-0.1, -0.05) is 24.6 Å². The van der Waals surface area contributed by atoms with Gasteiger partial charge in [-0.05, 0) is 44.4 Å². The maximum Gasteiger partial charge on any atom is 0.0608 e. The molecule has 2 fully saturated rings. The van der Waals surface area contributed by atoms with Crippen LogP contribution in [0.4, 0.5) is 0 Å². The standard InChI is InChI=1S/C17H25NOS/c19-16-8-4-9-17(16)10-5-11-18(14-17)12-13-20-15-6-2-1-3-7-15/h1-3,6-7,16,19H,4-5,8-14H2/t16-,17-/m1/s1. The Balaban J connectivity index is 1.48. The number of hydrogen-bond acceptors (Lipinski definition) is 3. The van der Waals surface area contributed by atoms with Crippen LogP contribution in [0.2, 0.25) is 0 Å². The van der Waals surface area contributed by atoms with Crippen molar-refractivity contribution in [3.63, 3.8) is 0 Å². The third kappa shape index (κ3) is 3.21. The minimum absolute atomic E-state index is 0.0490. The molecule has 1 aromatic rings. The summed E-state index contributed by atoms with van der Waals surface area (Å²) < 4.78 is 0. The third-order valence-electron chi connectivity index (χ3n) is 4.97. The van der Waals surface area contributed by atoms with E-state index in [1.807, 2.05) is 11.8 Å². The molecular weight excluding hydrogens is 266 g/mol. The predicted octanol–water partition coefficient (Wildman–Crippen LogP) is 3.41. The van der Waals surface area contributed by atoms with E-state index in [4.69, 9.17) is 0 Å². The van der Waals surface area contributed by atoms with Gasteiger partial charge in [-0.2, -0.15) is 0 Å². The van der Waals surface area contributed by atoms with Crippen LogP contribution in [0.1, 0.15) is 32.1 Å². The first-order chi connectivity index (χ1) is 9.78. The van der Waals surface area contributed by atoms with Crippen molar-refractivity contribution in [3.8, 4) is 0 Å². The van der Waals surface area contributed by atoms with Crippen LogP contribution in [0.25, 0.3) is 0 Å². The van der Waals surface area contributed by atoms with Gasteiger partial charge in [0.05, 0.1) is 6.10 Å². The van der Waals surface area contributed by atoms with Gasteiger partial charge >= 0.3 is 0 Å². The molecule has 0 radical (unpaired) electrons. The zero-order chi connectivity index (χ0) is 13.8. The summed E-state index contributed by atoms with van der Waals surface area (Å²) in [6, 6.07) is 10.6. The largest absolute Gasteiger partial charge is 0.393 e. The van der Waals surface area contributed by atoms with Crippen molar-refractivity contribution in [3.05, 3.63) is 30.3 Å². The number of benzene rings is 1. The Morgan fingerprint density at radius 3 is 2.75 bits per heavy atom. The van der Waals surface area contributed by atoms with Crippen molar-refractivity contribution in [1.82, 2.24) is 4.90 Å². The molecule has 1 aromatic carbocycles. The molecule has 1 saturated heterocycles. The number of hydrogen-bond donors (Lipinski definition) is 1. The second-order valence-electron chi connectivity index (χ2n) is 6.31. The molecule has 110 valence electrons. The Bertz CT molecular complexity index is 424. The number of nitrogens with zero attached hydrogens (tertiary/aromatic N) is 1. The molecule has 1 saturated carbocycles. The van der Waals surface area contributed by atoms with Crippen LogP contribution in [-0.2, 0) is 0 Å². The molecule has 1 aliphatic heterocycles. The second kappa shape index (κ2) is 6.50. The summed E-state index contributed by atoms with van der Waals surface area (Å²) in [5.74, 6) is 1.15. The maximum atomic E-state index is 10.3. The van der Waals surface area contributed by atoms with Crippen molar-refractivity contribution in [1.29, 1.82) is 0 Å². The van der Waals surface area contributed by atoms with E-state index >= 15 is 0 Å². The molecule has 1 heterocycles. The average Bonchev–Trinajstić information content (AvgIpc) is 2.81. The monoisotopic (exact) mass is 291 g/mol. The lowest BCUT2D eigenvalue weighted by Gasteiger charge is -2.42. The van der Waals surface area contributed by atoms with Crippen LogP contribution in [0, 0.1) is 5.41 Å². The van der Waals surface area contributed by atoms with Gasteiger partial charge in [0.15, 0.2) is 0 Å². The molecule has 20 heavy (non-hydrogen) atoms. The van der Waals surface area contributed by atoms with Gasteiger partial charge in [-0.25, -0.2) is 0 Å². The van der Waals surface area contributed by atoms with Gasteiger partial charge in [0, 0.05) is 29.2 Å². The normalized spacial score (nSPS) is 30.9. The van der Waals surface area contributed by atoms with E-state index in [1.165, 1.54) is 37.1 Å². The molecule has 1 spiro atoms. The topological polar surface area (TPSA) is 23.5 Å². The van der Waals surface area contributed by atoms with E-state index in [1.54, 1.807) is 0 Å². The molecule has 2 nitrogen and oxygen atoms in total. The fraction of sp³-hybridized carbons (Fsp3) is 0.647. The lowest BCUT2D eigenvalue weighted by molar-refractivity contribution is -0.00751. The molecular formula is C17H25NOS. The highest BCUT2D eigenvalue weighted by Crippen LogP contribution is 2.44. The Morgan fingerprint density at radius 2 is 2.00 bits per heavy atom. The smallest absolute Gasteiger partial charge is 0.0608 e. The molecule has 2 atom stereocenters. The average molecular weight is 291 g/mol. The molecule has 0 bridgehead atoms. The SMILES string of the molecule is O[C@@H]1CCC[C@]12CCCN(CCSc1ccccc1)C2. The van der Waals surface area contributed by atoms with Crippen molar-refractivity contribution in [2.45, 2.75) is 43.1 Å². The summed E-state index contributed by atoms with van der Waals surface area (Å²) in [7, 11) is 0. The van der Waals surface area contributed by atoms with E-state index in [2.05, 4.69) is 35.2 Å². The Kier molecular flexibility index (Phi) is 4.69. The number of piperidine rings is 1. The lowest BCUT2D eigenvalue weighted by atomic mass is 9.77. The third-order valence-corrected chi connectivity index (χ3v) is 5.96. The lowest BCUT2D eigenvalue weighted by Crippen LogP contribution is -2.47. The molecule has 2 aliphatic rings. The first-order valence-corrected chi connectivity index (χ1v) is 8.85. The molecule has 0 aromatic heterocycles. The minimum Gasteiger partial charge on any atom is -0.393 e. The Labute approximate surface area is 126 Å². The van der Waals surface area contributed by atoms with Crippen molar-refractivity contribution < 1.29 is 5.11 Å². The van der Waals surface area contributed by atoms with Gasteiger partial charge in [0.2, 0.25) is 0 Å². The fourth-order valence-electron chi connectivity index (χ4n) is 3.85. The highest BCUT2D eigenvalue weighted by atomic mass is 32.2. The van der Waals surface area contributed by atoms with Crippen molar-refractivity contribution in [2.24, 2.45) is 5.41 Å². The number of aliphatic hydroxyl groups is 1. The van der Waals surface area contributed by atoms with Gasteiger partial charge in [0.1, 0.15) is 0 Å². The fourth-order valence-corrected chi connectivity index (χ4v) is 4.79. The number of thioether (sulfide) groups is 1. The van der Waals surface area contributed by atoms with E-state index in [9.17, 15) is 5.11 Å². The van der Waals surface area contributed by atoms with Crippen LogP contribution < -0.4 is 0 Å². The number of rotatable bonds is 4. The molecule has 1 N–H and O–H groups in total. The summed E-state index contributed by atoms with van der Waals surface area (Å²) in [6.07, 6.45) is 5.91. The molecule has 0 amide bonds. The predicted molar refractivity (Wildman–Crippen MR) is 85.1 cm³/mol. The second-order valence-corrected chi connectivity index (χ2v) is 7.48. The minimum atomic E-state index is -0.0490. The first kappa shape index (κ1) is 14.4. The van der Waals surface area contributed by atoms with E-state index in [0.717, 1.165) is 25.3 Å². The molecule has 3 rings (SSSR count). The maximum absolute atomic E-state index is 10.3. The highest BCUT2D eigenvalue weighted by molar-refractivity contribution is 7.99. The van der Waals surface area contributed by atoms with E-state index in [0.29, 0.717) is 0 Å². The van der Waals surface area contributed by atoms with Crippen LogP contribution in [-0.4, -0.2) is 41.5 Å². The Morgan fingerprint density at radius 1 is 1.20 bits per heavy atom. The van der Waals surface area contributed by atoms with Gasteiger partial charge in [0.25, 0.3) is 0 Å². The zero-order valence-electron chi connectivity index (χ0n) is 12.1. The van der Waals surface area contributed by atoms with Gasteiger partial charge < -0.3 is 10.0 Å². The van der Waals surface area contributed by atoms with Gasteiger partial charge in [-0.15, -0.1) is 11.8 Å². The summed E-state index contributed by atoms with van der Waals surface area (Å²) in [6.45, 7) is 3.47. The quantitative estimate of drug-likeness (QED) is 0.860. The molecule has 3 heteroatoms.